The van der Waals surface area contributed by atoms with Crippen molar-refractivity contribution in [2.24, 2.45) is 0 Å². The first-order valence-electron chi connectivity index (χ1n) is 6.23. The Bertz CT molecular complexity index is 771. The summed E-state index contributed by atoms with van der Waals surface area (Å²) >= 11 is 1.07. The molecule has 0 spiro atoms. The second kappa shape index (κ2) is 5.80. The number of hydrogen-bond donors (Lipinski definition) is 0. The molecule has 0 bridgehead atoms. The van der Waals surface area contributed by atoms with Crippen molar-refractivity contribution in [3.8, 4) is 5.69 Å². The van der Waals surface area contributed by atoms with E-state index in [1.54, 1.807) is 6.07 Å². The lowest BCUT2D eigenvalue weighted by Gasteiger charge is -2.08. The van der Waals surface area contributed by atoms with Gasteiger partial charge in [-0.25, -0.2) is 0 Å². The summed E-state index contributed by atoms with van der Waals surface area (Å²) in [6, 6.07) is 14.2. The zero-order valence-corrected chi connectivity index (χ0v) is 11.8. The number of halogens is 3. The molecule has 22 heavy (non-hydrogen) atoms. The molecule has 0 aliphatic rings. The summed E-state index contributed by atoms with van der Waals surface area (Å²) in [5.41, 5.74) is 0.0400. The van der Waals surface area contributed by atoms with E-state index in [-0.39, 0.29) is 0 Å². The van der Waals surface area contributed by atoms with Crippen LogP contribution in [0.1, 0.15) is 5.56 Å². The average molecular weight is 322 g/mol. The zero-order chi connectivity index (χ0) is 15.6. The third-order valence-corrected chi connectivity index (χ3v) is 3.74. The van der Waals surface area contributed by atoms with Crippen molar-refractivity contribution in [2.75, 3.05) is 0 Å². The largest absolute Gasteiger partial charge is 0.416 e. The fourth-order valence-electron chi connectivity index (χ4n) is 1.82. The minimum absolute atomic E-state index is 0.394. The normalized spacial score (nSPS) is 11.6. The van der Waals surface area contributed by atoms with Crippen molar-refractivity contribution in [3.63, 3.8) is 0 Å². The molecule has 3 rings (SSSR count). The second-order valence-electron chi connectivity index (χ2n) is 4.34. The van der Waals surface area contributed by atoms with E-state index in [9.17, 15) is 13.2 Å². The van der Waals surface area contributed by atoms with E-state index in [4.69, 9.17) is 0 Å². The maximum atomic E-state index is 12.7. The molecule has 0 aliphatic heterocycles. The highest BCUT2D eigenvalue weighted by atomic mass is 32.2. The minimum Gasteiger partial charge on any atom is -0.187 e. The quantitative estimate of drug-likeness (QED) is 0.735. The molecule has 0 amide bonds. The van der Waals surface area contributed by atoms with Gasteiger partial charge in [0.1, 0.15) is 0 Å². The minimum atomic E-state index is -4.37. The summed E-state index contributed by atoms with van der Waals surface area (Å²) < 4.78 is 39.7. The Morgan fingerprint density at radius 1 is 0.955 bits per heavy atom. The predicted molar refractivity (Wildman–Crippen MR) is 74.7 cm³/mol. The molecule has 0 saturated heterocycles. The fraction of sp³-hybridized carbons (Fsp3) is 0.0714. The summed E-state index contributed by atoms with van der Waals surface area (Å²) in [6.45, 7) is 0. The van der Waals surface area contributed by atoms with Gasteiger partial charge in [0, 0.05) is 4.90 Å². The topological polar surface area (TPSA) is 43.6 Å². The van der Waals surface area contributed by atoms with Crippen molar-refractivity contribution in [1.29, 1.82) is 0 Å². The van der Waals surface area contributed by atoms with E-state index in [2.05, 4.69) is 15.5 Å². The average Bonchev–Trinajstić information content (AvgIpc) is 2.96. The van der Waals surface area contributed by atoms with Gasteiger partial charge < -0.3 is 0 Å². The number of aromatic nitrogens is 4. The van der Waals surface area contributed by atoms with Gasteiger partial charge in [0.05, 0.1) is 11.3 Å². The molecule has 0 radical (unpaired) electrons. The SMILES string of the molecule is FC(F)(F)c1cccc(Sc2nnnn2-c2ccccc2)c1. The van der Waals surface area contributed by atoms with Crippen LogP contribution in [0, 0.1) is 0 Å². The lowest BCUT2D eigenvalue weighted by atomic mass is 10.2. The van der Waals surface area contributed by atoms with Gasteiger partial charge in [-0.15, -0.1) is 5.10 Å². The van der Waals surface area contributed by atoms with Gasteiger partial charge in [0.25, 0.3) is 0 Å². The number of alkyl halides is 3. The van der Waals surface area contributed by atoms with Crippen molar-refractivity contribution < 1.29 is 13.2 Å². The number of hydrogen-bond acceptors (Lipinski definition) is 4. The highest BCUT2D eigenvalue weighted by Gasteiger charge is 2.30. The Labute approximate surface area is 128 Å². The van der Waals surface area contributed by atoms with E-state index in [0.717, 1.165) is 29.6 Å². The van der Waals surface area contributed by atoms with Crippen LogP contribution in [0.5, 0.6) is 0 Å². The summed E-state index contributed by atoms with van der Waals surface area (Å²) in [6.07, 6.45) is -4.37. The molecule has 0 fully saturated rings. The van der Waals surface area contributed by atoms with Crippen LogP contribution in [0.4, 0.5) is 13.2 Å². The summed E-state index contributed by atoms with van der Waals surface area (Å²) in [5.74, 6) is 0. The van der Waals surface area contributed by atoms with Crippen molar-refractivity contribution in [3.05, 3.63) is 60.2 Å². The molecule has 8 heteroatoms. The molecule has 0 N–H and O–H groups in total. The highest BCUT2D eigenvalue weighted by Crippen LogP contribution is 2.34. The monoisotopic (exact) mass is 322 g/mol. The maximum absolute atomic E-state index is 12.7. The molecule has 1 aromatic heterocycles. The second-order valence-corrected chi connectivity index (χ2v) is 5.38. The molecule has 2 aromatic carbocycles. The Hall–Kier alpha value is -2.35. The Morgan fingerprint density at radius 3 is 2.45 bits per heavy atom. The number of nitrogens with zero attached hydrogens (tertiary/aromatic N) is 4. The predicted octanol–water partition coefficient (Wildman–Crippen LogP) is 3.83. The molecular formula is C14H9F3N4S. The Balaban J connectivity index is 1.91. The first-order valence-corrected chi connectivity index (χ1v) is 7.04. The molecule has 0 unspecified atom stereocenters. The van der Waals surface area contributed by atoms with E-state index in [0.29, 0.717) is 10.1 Å². The van der Waals surface area contributed by atoms with Crippen LogP contribution in [-0.4, -0.2) is 20.2 Å². The molecule has 3 aromatic rings. The van der Waals surface area contributed by atoms with Gasteiger partial charge in [-0.2, -0.15) is 17.9 Å². The molecule has 0 saturated carbocycles. The van der Waals surface area contributed by atoms with Gasteiger partial charge in [0.2, 0.25) is 5.16 Å². The first-order chi connectivity index (χ1) is 10.5. The lowest BCUT2D eigenvalue weighted by Crippen LogP contribution is -2.04. The molecule has 112 valence electrons. The van der Waals surface area contributed by atoms with E-state index < -0.39 is 11.7 Å². The van der Waals surface area contributed by atoms with E-state index in [1.807, 2.05) is 30.3 Å². The van der Waals surface area contributed by atoms with Gasteiger partial charge >= 0.3 is 6.18 Å². The van der Waals surface area contributed by atoms with Crippen molar-refractivity contribution >= 4 is 11.8 Å². The summed E-state index contributed by atoms with van der Waals surface area (Å²) in [7, 11) is 0. The number of tetrazole rings is 1. The Kier molecular flexibility index (Phi) is 3.84. The first kappa shape index (κ1) is 14.6. The zero-order valence-electron chi connectivity index (χ0n) is 11.0. The molecule has 4 nitrogen and oxygen atoms in total. The molecule has 0 aliphatic carbocycles. The molecule has 0 atom stereocenters. The Morgan fingerprint density at radius 2 is 1.73 bits per heavy atom. The maximum Gasteiger partial charge on any atom is 0.416 e. The lowest BCUT2D eigenvalue weighted by molar-refractivity contribution is -0.137. The number of benzene rings is 2. The number of para-hydroxylation sites is 1. The highest BCUT2D eigenvalue weighted by molar-refractivity contribution is 7.99. The van der Waals surface area contributed by atoms with Crippen LogP contribution in [0.15, 0.2) is 64.6 Å². The smallest absolute Gasteiger partial charge is 0.187 e. The van der Waals surface area contributed by atoms with Crippen LogP contribution < -0.4 is 0 Å². The number of rotatable bonds is 3. The summed E-state index contributed by atoms with van der Waals surface area (Å²) in [5, 5.41) is 11.7. The van der Waals surface area contributed by atoms with Crippen LogP contribution in [0.3, 0.4) is 0 Å². The third-order valence-electron chi connectivity index (χ3n) is 2.81. The summed E-state index contributed by atoms with van der Waals surface area (Å²) in [4.78, 5) is 0.418. The van der Waals surface area contributed by atoms with Crippen LogP contribution >= 0.6 is 11.8 Å². The van der Waals surface area contributed by atoms with Crippen molar-refractivity contribution in [2.45, 2.75) is 16.2 Å². The molecular weight excluding hydrogens is 313 g/mol. The van der Waals surface area contributed by atoms with E-state index in [1.165, 1.54) is 10.7 Å². The standard InChI is InChI=1S/C14H9F3N4S/c15-14(16,17)10-5-4-8-12(9-10)22-13-18-19-20-21(13)11-6-2-1-3-7-11/h1-9H. The van der Waals surface area contributed by atoms with E-state index >= 15 is 0 Å². The van der Waals surface area contributed by atoms with Crippen LogP contribution in [-0.2, 0) is 6.18 Å². The molecule has 1 heterocycles. The van der Waals surface area contributed by atoms with Gasteiger partial charge in [-0.1, -0.05) is 24.3 Å². The third kappa shape index (κ3) is 3.11. The van der Waals surface area contributed by atoms with Gasteiger partial charge in [-0.05, 0) is 52.5 Å². The van der Waals surface area contributed by atoms with Gasteiger partial charge in [-0.3, -0.25) is 0 Å². The van der Waals surface area contributed by atoms with Crippen LogP contribution in [0.2, 0.25) is 0 Å². The van der Waals surface area contributed by atoms with Crippen molar-refractivity contribution in [1.82, 2.24) is 20.2 Å². The van der Waals surface area contributed by atoms with Gasteiger partial charge in [0.15, 0.2) is 0 Å². The fourth-order valence-corrected chi connectivity index (χ4v) is 2.66. The van der Waals surface area contributed by atoms with Crippen LogP contribution in [0.25, 0.3) is 5.69 Å².